The summed E-state index contributed by atoms with van der Waals surface area (Å²) in [5.74, 6) is 0.688. The molecular weight excluding hydrogens is 388 g/mol. The monoisotopic (exact) mass is 414 g/mol. The summed E-state index contributed by atoms with van der Waals surface area (Å²) in [7, 11) is 0. The first-order valence-electron chi connectivity index (χ1n) is 10.9. The van der Waals surface area contributed by atoms with Gasteiger partial charge in [0, 0.05) is 30.4 Å². The molecule has 2 bridgehead atoms. The number of halogens is 1. The lowest BCUT2D eigenvalue weighted by Gasteiger charge is -2.48. The van der Waals surface area contributed by atoms with E-state index in [2.05, 4.69) is 83.0 Å². The first-order valence-corrected chi connectivity index (χ1v) is 11.3. The lowest BCUT2D eigenvalue weighted by molar-refractivity contribution is 0.123. The number of rotatable bonds is 5. The third kappa shape index (κ3) is 3.90. The number of piperidine rings is 3. The summed E-state index contributed by atoms with van der Waals surface area (Å²) in [6.45, 7) is 3.12. The van der Waals surface area contributed by atoms with Crippen LogP contribution in [0.15, 0.2) is 84.6 Å². The lowest BCUT2D eigenvalue weighted by Crippen LogP contribution is -2.54. The molecule has 0 unspecified atom stereocenters. The van der Waals surface area contributed by atoms with E-state index in [0.29, 0.717) is 12.0 Å². The van der Waals surface area contributed by atoms with Crippen LogP contribution in [-0.4, -0.2) is 24.0 Å². The van der Waals surface area contributed by atoms with Crippen LogP contribution in [0.1, 0.15) is 24.0 Å². The highest BCUT2D eigenvalue weighted by Gasteiger charge is 2.37. The fourth-order valence-electron chi connectivity index (χ4n) is 4.91. The highest BCUT2D eigenvalue weighted by atomic mass is 35.5. The second-order valence-electron chi connectivity index (χ2n) is 8.30. The summed E-state index contributed by atoms with van der Waals surface area (Å²) in [6, 6.07) is 27.9. The van der Waals surface area contributed by atoms with E-state index in [1.165, 1.54) is 40.8 Å². The highest BCUT2D eigenvalue weighted by molar-refractivity contribution is 6.31. The molecule has 3 heterocycles. The van der Waals surface area contributed by atoms with Crippen molar-refractivity contribution in [3.05, 3.63) is 101 Å². The van der Waals surface area contributed by atoms with Crippen LogP contribution in [0.5, 0.6) is 0 Å². The summed E-state index contributed by atoms with van der Waals surface area (Å²) in [5.41, 5.74) is 6.43. The fraction of sp³-hybridized carbons (Fsp3) is 0.259. The van der Waals surface area contributed by atoms with Gasteiger partial charge in [0.05, 0.1) is 6.04 Å². The van der Waals surface area contributed by atoms with E-state index in [1.54, 1.807) is 0 Å². The van der Waals surface area contributed by atoms with E-state index in [-0.39, 0.29) is 0 Å². The smallest absolute Gasteiger partial charge is 0.0504 e. The van der Waals surface area contributed by atoms with Gasteiger partial charge in [-0.15, -0.1) is 0 Å². The van der Waals surface area contributed by atoms with Crippen LogP contribution in [0, 0.1) is 5.92 Å². The van der Waals surface area contributed by atoms with Gasteiger partial charge in [-0.2, -0.15) is 0 Å². The Hall–Kier alpha value is -2.55. The molecule has 0 aromatic heterocycles. The highest BCUT2D eigenvalue weighted by Crippen LogP contribution is 2.37. The Labute approximate surface area is 184 Å². The summed E-state index contributed by atoms with van der Waals surface area (Å²) in [6.07, 6.45) is 4.94. The molecule has 0 spiro atoms. The molecule has 1 atom stereocenters. The standard InChI is InChI=1S/C27H27ClN2/c28-25-13-7-5-11-23(25)19-29-27-21-14-16-30(17-15-21)26(27)18-22-10-4-6-12-24(22)20-8-2-1-3-9-20/h1-13,18,21,27,29H,14-17,19H2/b26-18-/t27-/m1/s1. The minimum Gasteiger partial charge on any atom is -0.373 e. The molecule has 3 aliphatic heterocycles. The number of hydrogen-bond donors (Lipinski definition) is 1. The molecule has 1 N–H and O–H groups in total. The zero-order chi connectivity index (χ0) is 20.3. The number of nitrogens with zero attached hydrogens (tertiary/aromatic N) is 1. The second-order valence-corrected chi connectivity index (χ2v) is 8.70. The Kier molecular flexibility index (Phi) is 5.61. The molecule has 0 radical (unpaired) electrons. The van der Waals surface area contributed by atoms with Crippen molar-refractivity contribution in [2.45, 2.75) is 25.4 Å². The molecule has 3 aliphatic rings. The van der Waals surface area contributed by atoms with Gasteiger partial charge in [-0.05, 0) is 53.2 Å². The van der Waals surface area contributed by atoms with Crippen molar-refractivity contribution < 1.29 is 0 Å². The average Bonchev–Trinajstić information content (AvgIpc) is 2.81. The molecule has 0 amide bonds. The Morgan fingerprint density at radius 1 is 0.867 bits per heavy atom. The van der Waals surface area contributed by atoms with E-state index in [1.807, 2.05) is 12.1 Å². The SMILES string of the molecule is Clc1ccccc1CN[C@H]1/C(=C/c2ccccc2-c2ccccc2)N2CCC1CC2. The molecule has 2 nitrogen and oxygen atoms in total. The maximum absolute atomic E-state index is 6.41. The minimum atomic E-state index is 0.368. The van der Waals surface area contributed by atoms with Crippen molar-refractivity contribution in [1.29, 1.82) is 0 Å². The van der Waals surface area contributed by atoms with Crippen molar-refractivity contribution in [1.82, 2.24) is 10.2 Å². The van der Waals surface area contributed by atoms with Crippen molar-refractivity contribution in [3.63, 3.8) is 0 Å². The Morgan fingerprint density at radius 2 is 1.57 bits per heavy atom. The molecule has 3 heteroatoms. The van der Waals surface area contributed by atoms with Crippen molar-refractivity contribution >= 4 is 17.7 Å². The van der Waals surface area contributed by atoms with Crippen LogP contribution < -0.4 is 5.32 Å². The number of hydrogen-bond acceptors (Lipinski definition) is 2. The Morgan fingerprint density at radius 3 is 2.37 bits per heavy atom. The summed E-state index contributed by atoms with van der Waals surface area (Å²) < 4.78 is 0. The predicted molar refractivity (Wildman–Crippen MR) is 126 cm³/mol. The lowest BCUT2D eigenvalue weighted by atomic mass is 9.80. The normalized spacial score (nSPS) is 21.9. The first-order chi connectivity index (χ1) is 14.8. The zero-order valence-electron chi connectivity index (χ0n) is 17.1. The van der Waals surface area contributed by atoms with Crippen LogP contribution in [0.2, 0.25) is 5.02 Å². The first kappa shape index (κ1) is 19.4. The van der Waals surface area contributed by atoms with Crippen LogP contribution >= 0.6 is 11.6 Å². The number of nitrogens with one attached hydrogen (secondary N) is 1. The predicted octanol–water partition coefficient (Wildman–Crippen LogP) is 6.23. The van der Waals surface area contributed by atoms with Gasteiger partial charge in [0.1, 0.15) is 0 Å². The van der Waals surface area contributed by atoms with Gasteiger partial charge in [-0.1, -0.05) is 84.4 Å². The third-order valence-electron chi connectivity index (χ3n) is 6.51. The molecule has 3 aromatic rings. The second kappa shape index (κ2) is 8.67. The average molecular weight is 415 g/mol. The third-order valence-corrected chi connectivity index (χ3v) is 6.88. The minimum absolute atomic E-state index is 0.368. The van der Waals surface area contributed by atoms with Gasteiger partial charge in [0.25, 0.3) is 0 Å². The van der Waals surface area contributed by atoms with Gasteiger partial charge >= 0.3 is 0 Å². The molecule has 6 rings (SSSR count). The quantitative estimate of drug-likeness (QED) is 0.532. The van der Waals surface area contributed by atoms with Crippen LogP contribution in [0.4, 0.5) is 0 Å². The van der Waals surface area contributed by atoms with Crippen LogP contribution in [0.25, 0.3) is 17.2 Å². The van der Waals surface area contributed by atoms with E-state index in [0.717, 1.165) is 24.7 Å². The molecule has 3 saturated heterocycles. The van der Waals surface area contributed by atoms with E-state index < -0.39 is 0 Å². The van der Waals surface area contributed by atoms with Crippen molar-refractivity contribution in [3.8, 4) is 11.1 Å². The van der Waals surface area contributed by atoms with Gasteiger partial charge in [-0.25, -0.2) is 0 Å². The largest absolute Gasteiger partial charge is 0.373 e. The zero-order valence-corrected chi connectivity index (χ0v) is 17.9. The molecule has 3 fully saturated rings. The van der Waals surface area contributed by atoms with Crippen LogP contribution in [-0.2, 0) is 6.54 Å². The topological polar surface area (TPSA) is 15.3 Å². The Balaban J connectivity index is 1.47. The molecule has 152 valence electrons. The Bertz CT molecular complexity index is 1040. The molecule has 3 aromatic carbocycles. The van der Waals surface area contributed by atoms with Crippen molar-refractivity contribution in [2.24, 2.45) is 5.92 Å². The van der Waals surface area contributed by atoms with Gasteiger partial charge in [0.15, 0.2) is 0 Å². The summed E-state index contributed by atoms with van der Waals surface area (Å²) in [5, 5.41) is 4.68. The van der Waals surface area contributed by atoms with E-state index in [4.69, 9.17) is 11.6 Å². The van der Waals surface area contributed by atoms with Crippen LogP contribution in [0.3, 0.4) is 0 Å². The summed E-state index contributed by atoms with van der Waals surface area (Å²) in [4.78, 5) is 2.58. The molecule has 30 heavy (non-hydrogen) atoms. The molecular formula is C27H27ClN2. The number of benzene rings is 3. The summed E-state index contributed by atoms with van der Waals surface area (Å²) >= 11 is 6.41. The molecule has 0 saturated carbocycles. The maximum Gasteiger partial charge on any atom is 0.0504 e. The van der Waals surface area contributed by atoms with E-state index in [9.17, 15) is 0 Å². The van der Waals surface area contributed by atoms with E-state index >= 15 is 0 Å². The fourth-order valence-corrected chi connectivity index (χ4v) is 5.11. The molecule has 0 aliphatic carbocycles. The number of fused-ring (bicyclic) bond motifs is 3. The van der Waals surface area contributed by atoms with Crippen molar-refractivity contribution in [2.75, 3.05) is 13.1 Å². The van der Waals surface area contributed by atoms with Gasteiger partial charge < -0.3 is 10.2 Å². The maximum atomic E-state index is 6.41. The van der Waals surface area contributed by atoms with Gasteiger partial charge in [-0.3, -0.25) is 0 Å². The van der Waals surface area contributed by atoms with Gasteiger partial charge in [0.2, 0.25) is 0 Å².